The smallest absolute Gasteiger partial charge is 0.245 e. The number of hydrogen-bond donors (Lipinski definition) is 1. The third-order valence-corrected chi connectivity index (χ3v) is 4.50. The molecule has 2 aliphatic rings. The molecule has 23 heavy (non-hydrogen) atoms. The second-order valence-electron chi connectivity index (χ2n) is 6.27. The lowest BCUT2D eigenvalue weighted by molar-refractivity contribution is -0.139. The van der Waals surface area contributed by atoms with Gasteiger partial charge >= 0.3 is 0 Å². The summed E-state index contributed by atoms with van der Waals surface area (Å²) in [5.41, 5.74) is 0. The van der Waals surface area contributed by atoms with Gasteiger partial charge in [0.2, 0.25) is 11.8 Å². The molecule has 7 nitrogen and oxygen atoms in total. The highest BCUT2D eigenvalue weighted by Gasteiger charge is 2.31. The van der Waals surface area contributed by atoms with Gasteiger partial charge in [-0.2, -0.15) is 0 Å². The molecule has 7 heteroatoms. The van der Waals surface area contributed by atoms with Gasteiger partial charge in [0.05, 0.1) is 6.10 Å². The lowest BCUT2D eigenvalue weighted by Gasteiger charge is -2.27. The summed E-state index contributed by atoms with van der Waals surface area (Å²) in [7, 11) is 0. The SMILES string of the molecule is O=C(CN(CC1CCCO1)C(=O)C1CCCC1)Nc1ccon1. The molecule has 0 bridgehead atoms. The molecule has 1 aromatic heterocycles. The van der Waals surface area contributed by atoms with Crippen LogP contribution in [0.25, 0.3) is 0 Å². The molecule has 1 unspecified atom stereocenters. The summed E-state index contributed by atoms with van der Waals surface area (Å²) in [4.78, 5) is 26.6. The van der Waals surface area contributed by atoms with E-state index >= 15 is 0 Å². The summed E-state index contributed by atoms with van der Waals surface area (Å²) in [5.74, 6) is 0.230. The first kappa shape index (κ1) is 16.0. The van der Waals surface area contributed by atoms with E-state index in [9.17, 15) is 9.59 Å². The van der Waals surface area contributed by atoms with Gasteiger partial charge in [-0.25, -0.2) is 0 Å². The number of rotatable bonds is 6. The van der Waals surface area contributed by atoms with Crippen LogP contribution in [-0.2, 0) is 14.3 Å². The molecular weight excluding hydrogens is 298 g/mol. The van der Waals surface area contributed by atoms with Crippen molar-refractivity contribution in [2.45, 2.75) is 44.6 Å². The lowest BCUT2D eigenvalue weighted by atomic mass is 10.1. The Morgan fingerprint density at radius 1 is 1.26 bits per heavy atom. The van der Waals surface area contributed by atoms with Gasteiger partial charge < -0.3 is 19.5 Å². The molecule has 1 aliphatic heterocycles. The van der Waals surface area contributed by atoms with E-state index < -0.39 is 0 Å². The maximum absolute atomic E-state index is 12.7. The predicted octanol–water partition coefficient (Wildman–Crippen LogP) is 1.81. The molecule has 2 amide bonds. The molecule has 2 fully saturated rings. The average Bonchev–Trinajstić information content (AvgIpc) is 3.29. The number of carbonyl (C=O) groups excluding carboxylic acids is 2. The Balaban J connectivity index is 1.60. The molecule has 1 N–H and O–H groups in total. The number of hydrogen-bond acceptors (Lipinski definition) is 5. The Labute approximate surface area is 135 Å². The molecule has 126 valence electrons. The van der Waals surface area contributed by atoms with E-state index in [2.05, 4.69) is 10.5 Å². The zero-order valence-corrected chi connectivity index (χ0v) is 13.2. The van der Waals surface area contributed by atoms with Crippen molar-refractivity contribution in [3.05, 3.63) is 12.3 Å². The van der Waals surface area contributed by atoms with E-state index in [0.717, 1.165) is 45.1 Å². The average molecular weight is 321 g/mol. The molecule has 1 saturated carbocycles. The van der Waals surface area contributed by atoms with Gasteiger partial charge in [-0.1, -0.05) is 18.0 Å². The van der Waals surface area contributed by atoms with Crippen LogP contribution in [-0.4, -0.2) is 47.7 Å². The lowest BCUT2D eigenvalue weighted by Crippen LogP contribution is -2.44. The van der Waals surface area contributed by atoms with Crippen molar-refractivity contribution in [3.8, 4) is 0 Å². The van der Waals surface area contributed by atoms with Gasteiger partial charge in [-0.05, 0) is 25.7 Å². The van der Waals surface area contributed by atoms with Crippen LogP contribution in [0.4, 0.5) is 5.82 Å². The molecule has 0 aromatic carbocycles. The fourth-order valence-corrected chi connectivity index (χ4v) is 3.33. The van der Waals surface area contributed by atoms with Gasteiger partial charge in [0.15, 0.2) is 5.82 Å². The fraction of sp³-hybridized carbons (Fsp3) is 0.688. The number of amides is 2. The summed E-state index contributed by atoms with van der Waals surface area (Å²) in [6, 6.07) is 1.57. The van der Waals surface area contributed by atoms with Crippen LogP contribution in [0.3, 0.4) is 0 Å². The minimum absolute atomic E-state index is 0.0298. The Bertz CT molecular complexity index is 519. The number of nitrogens with one attached hydrogen (secondary N) is 1. The van der Waals surface area contributed by atoms with Crippen LogP contribution in [0.2, 0.25) is 0 Å². The summed E-state index contributed by atoms with van der Waals surface area (Å²) < 4.78 is 10.3. The van der Waals surface area contributed by atoms with E-state index in [4.69, 9.17) is 9.26 Å². The highest BCUT2D eigenvalue weighted by atomic mass is 16.5. The largest absolute Gasteiger partial charge is 0.376 e. The van der Waals surface area contributed by atoms with Crippen LogP contribution in [0, 0.1) is 5.92 Å². The molecule has 3 rings (SSSR count). The van der Waals surface area contributed by atoms with E-state index in [-0.39, 0.29) is 30.4 Å². The van der Waals surface area contributed by atoms with E-state index in [0.29, 0.717) is 12.4 Å². The second-order valence-corrected chi connectivity index (χ2v) is 6.27. The minimum Gasteiger partial charge on any atom is -0.376 e. The van der Waals surface area contributed by atoms with Crippen LogP contribution in [0.5, 0.6) is 0 Å². The topological polar surface area (TPSA) is 84.7 Å². The Hall–Kier alpha value is -1.89. The quantitative estimate of drug-likeness (QED) is 0.864. The zero-order chi connectivity index (χ0) is 16.1. The highest BCUT2D eigenvalue weighted by Crippen LogP contribution is 2.27. The molecule has 1 saturated heterocycles. The molecule has 0 radical (unpaired) electrons. The van der Waals surface area contributed by atoms with Crippen molar-refractivity contribution < 1.29 is 18.8 Å². The van der Waals surface area contributed by atoms with Crippen molar-refractivity contribution in [2.24, 2.45) is 5.92 Å². The van der Waals surface area contributed by atoms with Crippen molar-refractivity contribution in [2.75, 3.05) is 25.0 Å². The van der Waals surface area contributed by atoms with Gasteiger partial charge in [0.1, 0.15) is 12.8 Å². The van der Waals surface area contributed by atoms with Crippen molar-refractivity contribution >= 4 is 17.6 Å². The molecule has 0 spiro atoms. The van der Waals surface area contributed by atoms with Gasteiger partial charge in [-0.15, -0.1) is 0 Å². The van der Waals surface area contributed by atoms with Gasteiger partial charge in [-0.3, -0.25) is 9.59 Å². The number of carbonyl (C=O) groups is 2. The summed E-state index contributed by atoms with van der Waals surface area (Å²) in [6.07, 6.45) is 7.42. The van der Waals surface area contributed by atoms with Crippen LogP contribution >= 0.6 is 0 Å². The van der Waals surface area contributed by atoms with Crippen LogP contribution in [0.1, 0.15) is 38.5 Å². The fourth-order valence-electron chi connectivity index (χ4n) is 3.33. The number of anilines is 1. The molecular formula is C16H23N3O4. The Morgan fingerprint density at radius 3 is 2.74 bits per heavy atom. The third-order valence-electron chi connectivity index (χ3n) is 4.50. The van der Waals surface area contributed by atoms with Crippen molar-refractivity contribution in [1.29, 1.82) is 0 Å². The monoisotopic (exact) mass is 321 g/mol. The summed E-state index contributed by atoms with van der Waals surface area (Å²) >= 11 is 0. The van der Waals surface area contributed by atoms with E-state index in [1.807, 2.05) is 0 Å². The maximum Gasteiger partial charge on any atom is 0.245 e. The summed E-state index contributed by atoms with van der Waals surface area (Å²) in [5, 5.41) is 6.30. The van der Waals surface area contributed by atoms with Crippen LogP contribution in [0.15, 0.2) is 16.9 Å². The number of ether oxygens (including phenoxy) is 1. The third kappa shape index (κ3) is 4.31. The highest BCUT2D eigenvalue weighted by molar-refractivity contribution is 5.94. The van der Waals surface area contributed by atoms with Crippen molar-refractivity contribution in [3.63, 3.8) is 0 Å². The molecule has 1 aliphatic carbocycles. The van der Waals surface area contributed by atoms with E-state index in [1.54, 1.807) is 11.0 Å². The second kappa shape index (κ2) is 7.59. The van der Waals surface area contributed by atoms with Gasteiger partial charge in [0.25, 0.3) is 0 Å². The maximum atomic E-state index is 12.7. The first-order valence-electron chi connectivity index (χ1n) is 8.33. The Morgan fingerprint density at radius 2 is 2.09 bits per heavy atom. The minimum atomic E-state index is -0.261. The van der Waals surface area contributed by atoms with Crippen molar-refractivity contribution in [1.82, 2.24) is 10.1 Å². The van der Waals surface area contributed by atoms with Gasteiger partial charge in [0, 0.05) is 25.1 Å². The van der Waals surface area contributed by atoms with Crippen LogP contribution < -0.4 is 5.32 Å². The molecule has 1 aromatic rings. The molecule has 1 atom stereocenters. The zero-order valence-electron chi connectivity index (χ0n) is 13.2. The number of aromatic nitrogens is 1. The Kier molecular flexibility index (Phi) is 5.27. The standard InChI is InChI=1S/C16H23N3O4/c20-15(17-14-7-9-23-18-14)11-19(10-13-6-3-8-22-13)16(21)12-4-1-2-5-12/h7,9,12-13H,1-6,8,10-11H2,(H,17,18,20). The predicted molar refractivity (Wildman–Crippen MR) is 82.6 cm³/mol. The summed E-state index contributed by atoms with van der Waals surface area (Å²) in [6.45, 7) is 1.25. The molecule has 2 heterocycles. The first-order valence-corrected chi connectivity index (χ1v) is 8.33. The number of nitrogens with zero attached hydrogens (tertiary/aromatic N) is 2. The normalized spacial score (nSPS) is 21.5. The van der Waals surface area contributed by atoms with E-state index in [1.165, 1.54) is 6.26 Å². The first-order chi connectivity index (χ1) is 11.2.